The van der Waals surface area contributed by atoms with Gasteiger partial charge >= 0.3 is 11.9 Å². The number of hydrogen-bond donors (Lipinski definition) is 1. The van der Waals surface area contributed by atoms with E-state index in [9.17, 15) is 9.59 Å². The molecular weight excluding hydrogens is 196 g/mol. The zero-order chi connectivity index (χ0) is 11.1. The lowest BCUT2D eigenvalue weighted by atomic mass is 9.59. The van der Waals surface area contributed by atoms with Crippen LogP contribution >= 0.6 is 0 Å². The summed E-state index contributed by atoms with van der Waals surface area (Å²) in [6.07, 6.45) is 5.74. The first-order valence-electron chi connectivity index (χ1n) is 5.11. The molecule has 0 aromatic rings. The lowest BCUT2D eigenvalue weighted by Crippen LogP contribution is -2.48. The molecule has 0 amide bonds. The zero-order valence-corrected chi connectivity index (χ0v) is 8.60. The predicted octanol–water partition coefficient (Wildman–Crippen LogP) is 1.22. The summed E-state index contributed by atoms with van der Waals surface area (Å²) < 4.78 is 4.74. The molecule has 3 atom stereocenters. The molecule has 0 radical (unpaired) electrons. The highest BCUT2D eigenvalue weighted by atomic mass is 16.5. The zero-order valence-electron chi connectivity index (χ0n) is 8.60. The van der Waals surface area contributed by atoms with Crippen LogP contribution in [0, 0.1) is 17.3 Å². The molecule has 1 fully saturated rings. The predicted molar refractivity (Wildman–Crippen MR) is 52.1 cm³/mol. The van der Waals surface area contributed by atoms with Crippen molar-refractivity contribution in [2.24, 2.45) is 17.3 Å². The van der Waals surface area contributed by atoms with Crippen molar-refractivity contribution in [3.8, 4) is 0 Å². The normalized spacial score (nSPS) is 37.7. The maximum Gasteiger partial charge on any atom is 0.316 e. The fraction of sp³-hybridized carbons (Fsp3) is 0.636. The largest absolute Gasteiger partial charge is 0.481 e. The molecular formula is C11H14O4. The Kier molecular flexibility index (Phi) is 2.29. The summed E-state index contributed by atoms with van der Waals surface area (Å²) in [4.78, 5) is 22.9. The fourth-order valence-electron chi connectivity index (χ4n) is 2.73. The number of ether oxygens (including phenoxy) is 1. The van der Waals surface area contributed by atoms with Crippen LogP contribution in [0.15, 0.2) is 12.2 Å². The van der Waals surface area contributed by atoms with Crippen molar-refractivity contribution in [2.75, 3.05) is 7.11 Å². The summed E-state index contributed by atoms with van der Waals surface area (Å²) in [5.41, 5.74) is -0.907. The molecule has 4 heteroatoms. The average molecular weight is 210 g/mol. The molecule has 0 aliphatic heterocycles. The number of carbonyl (C=O) groups is 2. The Labute approximate surface area is 87.9 Å². The van der Waals surface area contributed by atoms with Crippen LogP contribution in [0.25, 0.3) is 0 Å². The number of carboxylic acid groups (broad SMARTS) is 1. The fourth-order valence-corrected chi connectivity index (χ4v) is 2.73. The van der Waals surface area contributed by atoms with Gasteiger partial charge in [0, 0.05) is 0 Å². The molecule has 1 N–H and O–H groups in total. The first-order chi connectivity index (χ1) is 7.10. The van der Waals surface area contributed by atoms with Crippen LogP contribution in [0.1, 0.15) is 19.3 Å². The van der Waals surface area contributed by atoms with Gasteiger partial charge in [0.15, 0.2) is 0 Å². The number of aliphatic carboxylic acids is 1. The Morgan fingerprint density at radius 1 is 1.53 bits per heavy atom. The van der Waals surface area contributed by atoms with Crippen molar-refractivity contribution < 1.29 is 19.4 Å². The molecule has 0 spiro atoms. The average Bonchev–Trinajstić information content (AvgIpc) is 2.29. The maximum atomic E-state index is 11.7. The highest BCUT2D eigenvalue weighted by molar-refractivity contribution is 5.87. The quantitative estimate of drug-likeness (QED) is 0.549. The highest BCUT2D eigenvalue weighted by Gasteiger charge is 2.53. The molecule has 0 heterocycles. The first-order valence-corrected chi connectivity index (χ1v) is 5.11. The molecule has 3 unspecified atom stereocenters. The Balaban J connectivity index is 2.39. The minimum Gasteiger partial charge on any atom is -0.481 e. The SMILES string of the molecule is COC(=O)C12C=CC(CC1)CC2C(=O)O. The number of fused-ring (bicyclic) bond motifs is 2. The van der Waals surface area contributed by atoms with E-state index in [0.717, 1.165) is 6.42 Å². The second-order valence-electron chi connectivity index (χ2n) is 4.32. The number of methoxy groups -OCH3 is 1. The number of allylic oxidation sites excluding steroid dienone is 1. The van der Waals surface area contributed by atoms with Crippen LogP contribution < -0.4 is 0 Å². The highest BCUT2D eigenvalue weighted by Crippen LogP contribution is 2.50. The number of esters is 1. The van der Waals surface area contributed by atoms with E-state index >= 15 is 0 Å². The second-order valence-corrected chi connectivity index (χ2v) is 4.32. The van der Waals surface area contributed by atoms with Gasteiger partial charge in [0.25, 0.3) is 0 Å². The van der Waals surface area contributed by atoms with E-state index < -0.39 is 23.3 Å². The maximum absolute atomic E-state index is 11.7. The van der Waals surface area contributed by atoms with E-state index in [-0.39, 0.29) is 0 Å². The molecule has 0 saturated heterocycles. The summed E-state index contributed by atoms with van der Waals surface area (Å²) in [5.74, 6) is -1.61. The van der Waals surface area contributed by atoms with E-state index in [1.54, 1.807) is 6.08 Å². The minimum atomic E-state index is -0.907. The molecule has 3 rings (SSSR count). The van der Waals surface area contributed by atoms with Gasteiger partial charge in [0.05, 0.1) is 18.4 Å². The van der Waals surface area contributed by atoms with E-state index in [1.807, 2.05) is 6.08 Å². The van der Waals surface area contributed by atoms with Gasteiger partial charge in [-0.05, 0) is 25.2 Å². The van der Waals surface area contributed by atoms with Gasteiger partial charge in [-0.2, -0.15) is 0 Å². The van der Waals surface area contributed by atoms with Crippen molar-refractivity contribution in [1.29, 1.82) is 0 Å². The Morgan fingerprint density at radius 3 is 2.73 bits per heavy atom. The summed E-state index contributed by atoms with van der Waals surface area (Å²) in [7, 11) is 1.31. The van der Waals surface area contributed by atoms with Crippen molar-refractivity contribution in [3.63, 3.8) is 0 Å². The summed E-state index contributed by atoms with van der Waals surface area (Å²) in [6.45, 7) is 0. The van der Waals surface area contributed by atoms with Crippen LogP contribution in [-0.4, -0.2) is 24.2 Å². The standard InChI is InChI=1S/C11H14O4/c1-15-10(14)11-4-2-7(3-5-11)6-8(11)9(12)13/h2,4,7-8H,3,5-6H2,1H3,(H,12,13). The molecule has 2 bridgehead atoms. The summed E-state index contributed by atoms with van der Waals surface area (Å²) in [6, 6.07) is 0. The Bertz CT molecular complexity index is 333. The third-order valence-electron chi connectivity index (χ3n) is 3.62. The summed E-state index contributed by atoms with van der Waals surface area (Å²) >= 11 is 0. The number of carboxylic acids is 1. The lowest BCUT2D eigenvalue weighted by molar-refractivity contribution is -0.165. The molecule has 82 valence electrons. The van der Waals surface area contributed by atoms with Crippen LogP contribution in [0.5, 0.6) is 0 Å². The molecule has 15 heavy (non-hydrogen) atoms. The second kappa shape index (κ2) is 3.36. The van der Waals surface area contributed by atoms with Gasteiger partial charge in [0.1, 0.15) is 0 Å². The van der Waals surface area contributed by atoms with E-state index in [0.29, 0.717) is 18.8 Å². The molecule has 4 nitrogen and oxygen atoms in total. The summed E-state index contributed by atoms with van der Waals surface area (Å²) in [5, 5.41) is 9.13. The van der Waals surface area contributed by atoms with Gasteiger partial charge in [-0.3, -0.25) is 9.59 Å². The van der Waals surface area contributed by atoms with Gasteiger partial charge in [-0.25, -0.2) is 0 Å². The van der Waals surface area contributed by atoms with Crippen molar-refractivity contribution in [3.05, 3.63) is 12.2 Å². The van der Waals surface area contributed by atoms with Crippen LogP contribution in [0.4, 0.5) is 0 Å². The molecule has 3 aliphatic carbocycles. The number of rotatable bonds is 2. The third kappa shape index (κ3) is 1.35. The number of carbonyl (C=O) groups excluding carboxylic acids is 1. The van der Waals surface area contributed by atoms with Gasteiger partial charge in [-0.1, -0.05) is 12.2 Å². The van der Waals surface area contributed by atoms with Crippen molar-refractivity contribution in [2.45, 2.75) is 19.3 Å². The molecule has 3 aliphatic rings. The van der Waals surface area contributed by atoms with Crippen molar-refractivity contribution >= 4 is 11.9 Å². The molecule has 0 aromatic heterocycles. The van der Waals surface area contributed by atoms with E-state index in [2.05, 4.69) is 0 Å². The monoisotopic (exact) mass is 210 g/mol. The van der Waals surface area contributed by atoms with E-state index in [1.165, 1.54) is 7.11 Å². The Hall–Kier alpha value is -1.32. The third-order valence-corrected chi connectivity index (χ3v) is 3.62. The minimum absolute atomic E-state index is 0.317. The Morgan fingerprint density at radius 2 is 2.27 bits per heavy atom. The van der Waals surface area contributed by atoms with E-state index in [4.69, 9.17) is 9.84 Å². The van der Waals surface area contributed by atoms with Gasteiger partial charge in [0.2, 0.25) is 0 Å². The van der Waals surface area contributed by atoms with Gasteiger partial charge in [-0.15, -0.1) is 0 Å². The number of hydrogen-bond acceptors (Lipinski definition) is 3. The van der Waals surface area contributed by atoms with Gasteiger partial charge < -0.3 is 9.84 Å². The van der Waals surface area contributed by atoms with Crippen LogP contribution in [-0.2, 0) is 14.3 Å². The topological polar surface area (TPSA) is 63.6 Å². The van der Waals surface area contributed by atoms with Crippen LogP contribution in [0.2, 0.25) is 0 Å². The molecule has 0 aromatic carbocycles. The van der Waals surface area contributed by atoms with Crippen LogP contribution in [0.3, 0.4) is 0 Å². The van der Waals surface area contributed by atoms with Crippen molar-refractivity contribution in [1.82, 2.24) is 0 Å². The molecule has 1 saturated carbocycles. The lowest BCUT2D eigenvalue weighted by Gasteiger charge is -2.43. The smallest absolute Gasteiger partial charge is 0.316 e. The first kappa shape index (κ1) is 10.2.